The van der Waals surface area contributed by atoms with Crippen LogP contribution in [-0.2, 0) is 0 Å². The number of hydrogen-bond acceptors (Lipinski definition) is 5. The topological polar surface area (TPSA) is 60.5 Å². The van der Waals surface area contributed by atoms with Crippen LogP contribution in [0.25, 0.3) is 11.3 Å². The second-order valence-corrected chi connectivity index (χ2v) is 5.90. The highest BCUT2D eigenvalue weighted by Crippen LogP contribution is 2.33. The minimum atomic E-state index is -0.573. The summed E-state index contributed by atoms with van der Waals surface area (Å²) in [5, 5.41) is 4.80. The second kappa shape index (κ2) is 7.31. The number of anilines is 1. The fourth-order valence-electron chi connectivity index (χ4n) is 2.27. The van der Waals surface area contributed by atoms with Crippen LogP contribution < -0.4 is 14.8 Å². The third kappa shape index (κ3) is 3.61. The lowest BCUT2D eigenvalue weighted by Gasteiger charge is -2.08. The summed E-state index contributed by atoms with van der Waals surface area (Å²) in [6.07, 6.45) is 0. The van der Waals surface area contributed by atoms with Crippen molar-refractivity contribution in [3.05, 3.63) is 59.2 Å². The van der Waals surface area contributed by atoms with Crippen molar-refractivity contribution in [2.24, 2.45) is 0 Å². The van der Waals surface area contributed by atoms with Gasteiger partial charge in [0.25, 0.3) is 5.91 Å². The maximum atomic E-state index is 13.7. The molecule has 0 fully saturated rings. The Kier molecular flexibility index (Phi) is 4.95. The van der Waals surface area contributed by atoms with Crippen LogP contribution in [-0.4, -0.2) is 25.1 Å². The molecule has 0 unspecified atom stereocenters. The number of amides is 1. The van der Waals surface area contributed by atoms with Gasteiger partial charge in [-0.05, 0) is 30.3 Å². The Bertz CT molecular complexity index is 911. The van der Waals surface area contributed by atoms with Crippen LogP contribution >= 0.6 is 11.3 Å². The molecule has 1 N–H and O–H groups in total. The van der Waals surface area contributed by atoms with Gasteiger partial charge in [-0.1, -0.05) is 12.1 Å². The maximum Gasteiger partial charge on any atom is 0.260 e. The minimum absolute atomic E-state index is 0.0228. The average molecular weight is 358 g/mol. The van der Waals surface area contributed by atoms with Crippen LogP contribution in [0.2, 0.25) is 0 Å². The van der Waals surface area contributed by atoms with Gasteiger partial charge in [-0.25, -0.2) is 9.37 Å². The summed E-state index contributed by atoms with van der Waals surface area (Å²) in [6.45, 7) is 0. The van der Waals surface area contributed by atoms with Gasteiger partial charge in [-0.15, -0.1) is 11.3 Å². The average Bonchev–Trinajstić information content (AvgIpc) is 3.09. The molecule has 25 heavy (non-hydrogen) atoms. The summed E-state index contributed by atoms with van der Waals surface area (Å²) in [4.78, 5) is 16.5. The summed E-state index contributed by atoms with van der Waals surface area (Å²) in [5.74, 6) is 0.0995. The van der Waals surface area contributed by atoms with Gasteiger partial charge in [-0.2, -0.15) is 0 Å². The Morgan fingerprint density at radius 3 is 2.60 bits per heavy atom. The summed E-state index contributed by atoms with van der Waals surface area (Å²) < 4.78 is 24.2. The molecular formula is C18H15FN2O3S. The first-order valence-electron chi connectivity index (χ1n) is 7.36. The number of nitrogens with one attached hydrogen (secondary N) is 1. The summed E-state index contributed by atoms with van der Waals surface area (Å²) >= 11 is 1.26. The van der Waals surface area contributed by atoms with Crippen LogP contribution in [0.4, 0.5) is 9.52 Å². The number of halogens is 1. The van der Waals surface area contributed by atoms with Gasteiger partial charge in [0.15, 0.2) is 16.6 Å². The van der Waals surface area contributed by atoms with E-state index in [9.17, 15) is 9.18 Å². The predicted octanol–water partition coefficient (Wildman–Crippen LogP) is 4.22. The number of ether oxygens (including phenoxy) is 2. The number of benzene rings is 2. The zero-order valence-electron chi connectivity index (χ0n) is 13.6. The molecule has 2 aromatic carbocycles. The van der Waals surface area contributed by atoms with Crippen LogP contribution in [0.3, 0.4) is 0 Å². The Morgan fingerprint density at radius 1 is 1.12 bits per heavy atom. The lowest BCUT2D eigenvalue weighted by atomic mass is 10.1. The highest BCUT2D eigenvalue weighted by Gasteiger charge is 2.14. The molecule has 1 amide bonds. The molecule has 128 valence electrons. The predicted molar refractivity (Wildman–Crippen MR) is 95.0 cm³/mol. The van der Waals surface area contributed by atoms with Crippen molar-refractivity contribution < 1.29 is 18.7 Å². The van der Waals surface area contributed by atoms with E-state index < -0.39 is 11.7 Å². The van der Waals surface area contributed by atoms with Gasteiger partial charge in [0.2, 0.25) is 0 Å². The zero-order valence-corrected chi connectivity index (χ0v) is 14.4. The fraction of sp³-hybridized carbons (Fsp3) is 0.111. The van der Waals surface area contributed by atoms with Crippen molar-refractivity contribution in [3.63, 3.8) is 0 Å². The molecule has 1 aromatic heterocycles. The molecule has 3 aromatic rings. The number of nitrogens with zero attached hydrogens (tertiary/aromatic N) is 1. The number of aromatic nitrogens is 1. The van der Waals surface area contributed by atoms with E-state index >= 15 is 0 Å². The van der Waals surface area contributed by atoms with Crippen LogP contribution in [0, 0.1) is 5.82 Å². The Labute approximate surface area is 148 Å². The summed E-state index contributed by atoms with van der Waals surface area (Å²) in [5.41, 5.74) is 1.47. The van der Waals surface area contributed by atoms with Gasteiger partial charge >= 0.3 is 0 Å². The number of hydrogen-bond donors (Lipinski definition) is 1. The molecule has 1 heterocycles. The molecule has 0 saturated carbocycles. The van der Waals surface area contributed by atoms with Gasteiger partial charge in [0.1, 0.15) is 5.82 Å². The zero-order chi connectivity index (χ0) is 17.8. The highest BCUT2D eigenvalue weighted by molar-refractivity contribution is 7.14. The van der Waals surface area contributed by atoms with Crippen LogP contribution in [0.1, 0.15) is 10.4 Å². The number of carbonyl (C=O) groups is 1. The summed E-state index contributed by atoms with van der Waals surface area (Å²) in [7, 11) is 3.12. The van der Waals surface area contributed by atoms with Crippen molar-refractivity contribution in [1.29, 1.82) is 0 Å². The molecule has 3 rings (SSSR count). The van der Waals surface area contributed by atoms with Crippen molar-refractivity contribution >= 4 is 22.4 Å². The van der Waals surface area contributed by atoms with E-state index in [4.69, 9.17) is 9.47 Å². The largest absolute Gasteiger partial charge is 0.493 e. The van der Waals surface area contributed by atoms with Gasteiger partial charge in [0.05, 0.1) is 25.5 Å². The molecule has 0 bridgehead atoms. The van der Waals surface area contributed by atoms with Crippen LogP contribution in [0.5, 0.6) is 11.5 Å². The van der Waals surface area contributed by atoms with Gasteiger partial charge in [0, 0.05) is 10.9 Å². The molecular weight excluding hydrogens is 343 g/mol. The molecule has 0 aliphatic heterocycles. The molecule has 0 spiro atoms. The maximum absolute atomic E-state index is 13.7. The van der Waals surface area contributed by atoms with Crippen molar-refractivity contribution in [2.45, 2.75) is 0 Å². The van der Waals surface area contributed by atoms with E-state index in [1.165, 1.54) is 29.5 Å². The van der Waals surface area contributed by atoms with Crippen molar-refractivity contribution in [3.8, 4) is 22.8 Å². The van der Waals surface area contributed by atoms with E-state index in [0.29, 0.717) is 22.3 Å². The molecule has 0 radical (unpaired) electrons. The lowest BCUT2D eigenvalue weighted by Crippen LogP contribution is -2.13. The fourth-order valence-corrected chi connectivity index (χ4v) is 2.98. The highest BCUT2D eigenvalue weighted by atomic mass is 32.1. The third-order valence-corrected chi connectivity index (χ3v) is 4.28. The quantitative estimate of drug-likeness (QED) is 0.742. The SMILES string of the molecule is COc1ccc(-c2csc(NC(=O)c3ccccc3F)n2)cc1OC. The first kappa shape index (κ1) is 16.9. The molecule has 0 atom stereocenters. The molecule has 0 aliphatic carbocycles. The van der Waals surface area contributed by atoms with E-state index in [1.807, 2.05) is 6.07 Å². The monoisotopic (exact) mass is 358 g/mol. The van der Waals surface area contributed by atoms with E-state index in [1.54, 1.807) is 37.8 Å². The Balaban J connectivity index is 1.81. The van der Waals surface area contributed by atoms with Crippen molar-refractivity contribution in [1.82, 2.24) is 4.98 Å². The molecule has 5 nitrogen and oxygen atoms in total. The molecule has 0 aliphatic rings. The number of methoxy groups -OCH3 is 2. The minimum Gasteiger partial charge on any atom is -0.493 e. The third-order valence-electron chi connectivity index (χ3n) is 3.52. The molecule has 0 saturated heterocycles. The Morgan fingerprint density at radius 2 is 1.88 bits per heavy atom. The second-order valence-electron chi connectivity index (χ2n) is 5.04. The number of carbonyl (C=O) groups excluding carboxylic acids is 1. The number of rotatable bonds is 5. The Hall–Kier alpha value is -2.93. The van der Waals surface area contributed by atoms with E-state index in [-0.39, 0.29) is 5.56 Å². The summed E-state index contributed by atoms with van der Waals surface area (Å²) in [6, 6.07) is 11.2. The van der Waals surface area contributed by atoms with E-state index in [2.05, 4.69) is 10.3 Å². The van der Waals surface area contributed by atoms with Crippen molar-refractivity contribution in [2.75, 3.05) is 19.5 Å². The first-order valence-corrected chi connectivity index (χ1v) is 8.24. The van der Waals surface area contributed by atoms with Gasteiger partial charge in [-0.3, -0.25) is 10.1 Å². The smallest absolute Gasteiger partial charge is 0.260 e. The van der Waals surface area contributed by atoms with Crippen LogP contribution in [0.15, 0.2) is 47.8 Å². The lowest BCUT2D eigenvalue weighted by molar-refractivity contribution is 0.102. The van der Waals surface area contributed by atoms with Gasteiger partial charge < -0.3 is 9.47 Å². The normalized spacial score (nSPS) is 10.4. The molecule has 7 heteroatoms. The number of thiazole rings is 1. The standard InChI is InChI=1S/C18H15FN2O3S/c1-23-15-8-7-11(9-16(15)24-2)14-10-25-18(20-14)21-17(22)12-5-3-4-6-13(12)19/h3-10H,1-2H3,(H,20,21,22). The first-order chi connectivity index (χ1) is 12.1. The van der Waals surface area contributed by atoms with E-state index in [0.717, 1.165) is 5.56 Å².